The summed E-state index contributed by atoms with van der Waals surface area (Å²) in [7, 11) is 1.52. The second-order valence-corrected chi connectivity index (χ2v) is 7.43. The van der Waals surface area contributed by atoms with Crippen molar-refractivity contribution in [3.63, 3.8) is 0 Å². The van der Waals surface area contributed by atoms with Gasteiger partial charge in [-0.15, -0.1) is 0 Å². The highest BCUT2D eigenvalue weighted by molar-refractivity contribution is 6.09. The van der Waals surface area contributed by atoms with Crippen LogP contribution in [0.1, 0.15) is 25.3 Å². The minimum absolute atomic E-state index is 0.0717. The highest BCUT2D eigenvalue weighted by atomic mass is 16.5. The number of rotatable bonds is 1. The minimum atomic E-state index is -0.261. The topological polar surface area (TPSA) is 41.9 Å². The van der Waals surface area contributed by atoms with E-state index in [1.54, 1.807) is 0 Å². The lowest BCUT2D eigenvalue weighted by atomic mass is 9.51. The van der Waals surface area contributed by atoms with E-state index in [0.717, 1.165) is 31.6 Å². The normalized spacial score (nSPS) is 37.8. The molecule has 4 atom stereocenters. The Morgan fingerprint density at radius 1 is 1.42 bits per heavy atom. The standard InChI is InChI=1S/C20H22N2O2/c1-3-12-11-22-9-8-20-14-6-4-5-7-15(14)21-18(20)16(22)10-13(12)17(20)19(23)24-2/h3-7,13,16-17H,8-11H2,1-2H3/b12-3+/t13-,16-,17-,20-/m0/s1. The highest BCUT2D eigenvalue weighted by Crippen LogP contribution is 2.60. The molecule has 4 heteroatoms. The number of nitrogens with zero attached hydrogens (tertiary/aromatic N) is 2. The Bertz CT molecular complexity index is 797. The molecule has 1 aliphatic carbocycles. The number of methoxy groups -OCH3 is 1. The number of piperidine rings is 2. The van der Waals surface area contributed by atoms with Gasteiger partial charge in [0.05, 0.1) is 24.1 Å². The number of para-hydroxylation sites is 1. The summed E-state index contributed by atoms with van der Waals surface area (Å²) in [4.78, 5) is 20.5. The molecule has 3 heterocycles. The SMILES string of the molecule is C/C=C1\CN2CC[C@]34C(=Nc5ccccc53)[C@@H]2C[C@@H]1[C@H]4C(=O)OC. The molecule has 0 amide bonds. The second-order valence-electron chi connectivity index (χ2n) is 7.43. The lowest BCUT2D eigenvalue weighted by Gasteiger charge is -2.59. The Labute approximate surface area is 142 Å². The molecular weight excluding hydrogens is 300 g/mol. The number of benzene rings is 1. The molecule has 3 fully saturated rings. The summed E-state index contributed by atoms with van der Waals surface area (Å²) in [6.07, 6.45) is 4.17. The number of hydrogen-bond acceptors (Lipinski definition) is 4. The van der Waals surface area contributed by atoms with E-state index < -0.39 is 0 Å². The van der Waals surface area contributed by atoms with Crippen molar-refractivity contribution < 1.29 is 9.53 Å². The summed E-state index contributed by atoms with van der Waals surface area (Å²) in [5, 5.41) is 0. The Kier molecular flexibility index (Phi) is 2.88. The summed E-state index contributed by atoms with van der Waals surface area (Å²) in [6.45, 7) is 4.09. The van der Waals surface area contributed by atoms with Crippen LogP contribution >= 0.6 is 0 Å². The number of carbonyl (C=O) groups excluding carboxylic acids is 1. The lowest BCUT2D eigenvalue weighted by molar-refractivity contribution is -0.151. The van der Waals surface area contributed by atoms with Crippen LogP contribution in [0.15, 0.2) is 40.9 Å². The first kappa shape index (κ1) is 14.4. The largest absolute Gasteiger partial charge is 0.469 e. The fourth-order valence-corrected chi connectivity index (χ4v) is 5.77. The summed E-state index contributed by atoms with van der Waals surface area (Å²) in [5.74, 6) is 0.0569. The Morgan fingerprint density at radius 2 is 2.25 bits per heavy atom. The van der Waals surface area contributed by atoms with E-state index in [1.165, 1.54) is 24.0 Å². The average Bonchev–Trinajstić information content (AvgIpc) is 2.96. The maximum absolute atomic E-state index is 12.9. The minimum Gasteiger partial charge on any atom is -0.469 e. The van der Waals surface area contributed by atoms with Crippen LogP contribution in [0, 0.1) is 11.8 Å². The van der Waals surface area contributed by atoms with Crippen LogP contribution in [-0.2, 0) is 14.9 Å². The van der Waals surface area contributed by atoms with Gasteiger partial charge in [-0.3, -0.25) is 14.7 Å². The summed E-state index contributed by atoms with van der Waals surface area (Å²) in [6, 6.07) is 8.76. The third-order valence-electron chi connectivity index (χ3n) is 6.73. The quantitative estimate of drug-likeness (QED) is 0.590. The molecule has 3 bridgehead atoms. The fourth-order valence-electron chi connectivity index (χ4n) is 5.77. The van der Waals surface area contributed by atoms with Gasteiger partial charge in [0.15, 0.2) is 0 Å². The molecule has 0 unspecified atom stereocenters. The van der Waals surface area contributed by atoms with E-state index in [2.05, 4.69) is 36.1 Å². The molecule has 1 aromatic carbocycles. The van der Waals surface area contributed by atoms with Crippen molar-refractivity contribution >= 4 is 17.4 Å². The van der Waals surface area contributed by atoms with E-state index in [4.69, 9.17) is 9.73 Å². The van der Waals surface area contributed by atoms with Crippen LogP contribution in [0.25, 0.3) is 0 Å². The molecule has 0 N–H and O–H groups in total. The third kappa shape index (κ3) is 1.53. The number of allylic oxidation sites excluding steroid dienone is 1. The van der Waals surface area contributed by atoms with Gasteiger partial charge in [-0.2, -0.15) is 0 Å². The van der Waals surface area contributed by atoms with Gasteiger partial charge >= 0.3 is 5.97 Å². The molecule has 4 nitrogen and oxygen atoms in total. The van der Waals surface area contributed by atoms with E-state index >= 15 is 0 Å². The first-order chi connectivity index (χ1) is 11.7. The third-order valence-corrected chi connectivity index (χ3v) is 6.73. The zero-order chi connectivity index (χ0) is 16.5. The number of aliphatic imine (C=N–C) groups is 1. The number of carbonyl (C=O) groups is 1. The van der Waals surface area contributed by atoms with Gasteiger partial charge in [-0.05, 0) is 37.3 Å². The molecule has 0 radical (unpaired) electrons. The number of hydrogen-bond donors (Lipinski definition) is 0. The molecule has 124 valence electrons. The predicted octanol–water partition coefficient (Wildman–Crippen LogP) is 2.85. The molecule has 3 aliphatic heterocycles. The zero-order valence-electron chi connectivity index (χ0n) is 14.2. The van der Waals surface area contributed by atoms with Crippen molar-refractivity contribution in [2.75, 3.05) is 20.2 Å². The lowest BCUT2D eigenvalue weighted by Crippen LogP contribution is -2.68. The molecule has 1 aromatic rings. The summed E-state index contributed by atoms with van der Waals surface area (Å²) in [5.41, 5.74) is 4.64. The molecule has 1 saturated carbocycles. The average molecular weight is 322 g/mol. The zero-order valence-corrected chi connectivity index (χ0v) is 14.2. The van der Waals surface area contributed by atoms with E-state index in [9.17, 15) is 4.79 Å². The maximum Gasteiger partial charge on any atom is 0.310 e. The van der Waals surface area contributed by atoms with Crippen molar-refractivity contribution in [1.82, 2.24) is 4.90 Å². The van der Waals surface area contributed by atoms with Crippen LogP contribution in [0.4, 0.5) is 5.69 Å². The number of fused-ring (bicyclic) bond motifs is 2. The van der Waals surface area contributed by atoms with Gasteiger partial charge in [0.25, 0.3) is 0 Å². The first-order valence-corrected chi connectivity index (χ1v) is 8.86. The van der Waals surface area contributed by atoms with Gasteiger partial charge in [-0.25, -0.2) is 0 Å². The van der Waals surface area contributed by atoms with E-state index in [1.807, 2.05) is 6.07 Å². The van der Waals surface area contributed by atoms with Gasteiger partial charge in [0.2, 0.25) is 0 Å². The first-order valence-electron chi connectivity index (χ1n) is 8.86. The Morgan fingerprint density at radius 3 is 3.04 bits per heavy atom. The molecule has 4 aliphatic rings. The van der Waals surface area contributed by atoms with Crippen LogP contribution in [-0.4, -0.2) is 42.8 Å². The predicted molar refractivity (Wildman–Crippen MR) is 92.6 cm³/mol. The van der Waals surface area contributed by atoms with Crippen molar-refractivity contribution in [3.8, 4) is 0 Å². The van der Waals surface area contributed by atoms with E-state index in [-0.39, 0.29) is 23.2 Å². The van der Waals surface area contributed by atoms with Crippen molar-refractivity contribution in [2.24, 2.45) is 16.8 Å². The monoisotopic (exact) mass is 322 g/mol. The summed E-state index contributed by atoms with van der Waals surface area (Å²) >= 11 is 0. The molecule has 0 spiro atoms. The second kappa shape index (κ2) is 4.79. The van der Waals surface area contributed by atoms with Gasteiger partial charge in [-0.1, -0.05) is 29.8 Å². The van der Waals surface area contributed by atoms with Crippen molar-refractivity contribution in [2.45, 2.75) is 31.2 Å². The van der Waals surface area contributed by atoms with Crippen LogP contribution < -0.4 is 0 Å². The molecule has 24 heavy (non-hydrogen) atoms. The number of ether oxygens (including phenoxy) is 1. The van der Waals surface area contributed by atoms with Crippen LogP contribution in [0.3, 0.4) is 0 Å². The molecule has 5 rings (SSSR count). The van der Waals surface area contributed by atoms with Gasteiger partial charge in [0, 0.05) is 24.8 Å². The highest BCUT2D eigenvalue weighted by Gasteiger charge is 2.65. The maximum atomic E-state index is 12.9. The van der Waals surface area contributed by atoms with E-state index in [0.29, 0.717) is 6.04 Å². The summed E-state index contributed by atoms with van der Waals surface area (Å²) < 4.78 is 5.31. The van der Waals surface area contributed by atoms with Gasteiger partial charge < -0.3 is 4.74 Å². The molecular formula is C20H22N2O2. The van der Waals surface area contributed by atoms with Gasteiger partial charge in [0.1, 0.15) is 0 Å². The van der Waals surface area contributed by atoms with Crippen LogP contribution in [0.5, 0.6) is 0 Å². The number of esters is 1. The Hall–Kier alpha value is -1.94. The molecule has 0 aromatic heterocycles. The molecule has 2 saturated heterocycles. The fraction of sp³-hybridized carbons (Fsp3) is 0.500. The Balaban J connectivity index is 1.79. The van der Waals surface area contributed by atoms with Crippen LogP contribution in [0.2, 0.25) is 0 Å². The van der Waals surface area contributed by atoms with Crippen molar-refractivity contribution in [3.05, 3.63) is 41.5 Å². The smallest absolute Gasteiger partial charge is 0.310 e. The van der Waals surface area contributed by atoms with Crippen molar-refractivity contribution in [1.29, 1.82) is 0 Å².